The second-order valence-corrected chi connectivity index (χ2v) is 4.35. The molecule has 91 valence electrons. The number of hydrogen-bond acceptors (Lipinski definition) is 1. The van der Waals surface area contributed by atoms with Crippen LogP contribution in [0.4, 0.5) is 0 Å². The average Bonchev–Trinajstić information content (AvgIpc) is 2.27. The molecule has 0 rings (SSSR count). The van der Waals surface area contributed by atoms with E-state index in [4.69, 9.17) is 4.74 Å². The van der Waals surface area contributed by atoms with Crippen LogP contribution < -0.4 is 0 Å². The van der Waals surface area contributed by atoms with Crippen molar-refractivity contribution in [3.05, 3.63) is 6.92 Å². The summed E-state index contributed by atoms with van der Waals surface area (Å²) in [5.74, 6) is 0.871. The number of unbranched alkanes of at least 4 members (excludes halogenated alkanes) is 4. The van der Waals surface area contributed by atoms with Gasteiger partial charge in [0, 0.05) is 13.2 Å². The molecule has 0 saturated heterocycles. The lowest BCUT2D eigenvalue weighted by atomic mass is 10.0. The topological polar surface area (TPSA) is 9.23 Å². The van der Waals surface area contributed by atoms with Crippen molar-refractivity contribution in [2.24, 2.45) is 5.92 Å². The van der Waals surface area contributed by atoms with Crippen molar-refractivity contribution in [2.75, 3.05) is 13.2 Å². The van der Waals surface area contributed by atoms with Crippen LogP contribution in [0.15, 0.2) is 0 Å². The van der Waals surface area contributed by atoms with Crippen LogP contribution in [-0.2, 0) is 4.74 Å². The zero-order valence-corrected chi connectivity index (χ0v) is 10.8. The fraction of sp³-hybridized carbons (Fsp3) is 0.929. The molecule has 0 aromatic carbocycles. The summed E-state index contributed by atoms with van der Waals surface area (Å²) in [6.45, 7) is 10.3. The molecule has 0 amide bonds. The van der Waals surface area contributed by atoms with E-state index in [2.05, 4.69) is 20.8 Å². The number of hydrogen-bond donors (Lipinski definition) is 0. The van der Waals surface area contributed by atoms with E-state index < -0.39 is 0 Å². The summed E-state index contributed by atoms with van der Waals surface area (Å²) in [7, 11) is 0. The van der Waals surface area contributed by atoms with Gasteiger partial charge in [0.05, 0.1) is 0 Å². The highest BCUT2D eigenvalue weighted by Crippen LogP contribution is 2.12. The van der Waals surface area contributed by atoms with Gasteiger partial charge in [0.25, 0.3) is 0 Å². The van der Waals surface area contributed by atoms with Crippen LogP contribution in [0.2, 0.25) is 0 Å². The summed E-state index contributed by atoms with van der Waals surface area (Å²) < 4.78 is 5.63. The van der Waals surface area contributed by atoms with Gasteiger partial charge in [0.1, 0.15) is 0 Å². The average molecular weight is 213 g/mol. The maximum Gasteiger partial charge on any atom is 0.0468 e. The maximum absolute atomic E-state index is 5.63. The molecule has 0 spiro atoms. The standard InChI is InChI=1S/C14H29O/c1-4-7-8-9-10-12-15-13-11-14(5-2)6-3/h14H,1,4-13H2,2-3H3. The highest BCUT2D eigenvalue weighted by atomic mass is 16.5. The minimum atomic E-state index is 0.871. The molecule has 0 N–H and O–H groups in total. The Balaban J connectivity index is 3.04. The molecule has 15 heavy (non-hydrogen) atoms. The van der Waals surface area contributed by atoms with Crippen molar-refractivity contribution in [2.45, 2.75) is 65.2 Å². The third-order valence-corrected chi connectivity index (χ3v) is 3.11. The summed E-state index contributed by atoms with van der Waals surface area (Å²) in [6.07, 6.45) is 10.0. The maximum atomic E-state index is 5.63. The molecule has 0 fully saturated rings. The van der Waals surface area contributed by atoms with Gasteiger partial charge in [-0.25, -0.2) is 0 Å². The van der Waals surface area contributed by atoms with E-state index in [1.807, 2.05) is 0 Å². The van der Waals surface area contributed by atoms with Crippen molar-refractivity contribution < 1.29 is 4.74 Å². The smallest absolute Gasteiger partial charge is 0.0468 e. The molecule has 1 heteroatoms. The van der Waals surface area contributed by atoms with E-state index in [-0.39, 0.29) is 0 Å². The van der Waals surface area contributed by atoms with Gasteiger partial charge in [0.2, 0.25) is 0 Å². The summed E-state index contributed by atoms with van der Waals surface area (Å²) in [5.41, 5.74) is 0. The molecule has 0 aliphatic carbocycles. The molecule has 0 saturated carbocycles. The fourth-order valence-corrected chi connectivity index (χ4v) is 1.78. The molecule has 1 nitrogen and oxygen atoms in total. The molecule has 0 unspecified atom stereocenters. The van der Waals surface area contributed by atoms with Crippen LogP contribution in [-0.4, -0.2) is 13.2 Å². The van der Waals surface area contributed by atoms with Crippen molar-refractivity contribution in [3.63, 3.8) is 0 Å². The van der Waals surface area contributed by atoms with Gasteiger partial charge < -0.3 is 4.74 Å². The van der Waals surface area contributed by atoms with E-state index in [0.717, 1.165) is 25.6 Å². The summed E-state index contributed by atoms with van der Waals surface area (Å²) in [4.78, 5) is 0. The molecular formula is C14H29O. The molecule has 0 aromatic heterocycles. The first-order valence-electron chi connectivity index (χ1n) is 6.72. The molecule has 0 heterocycles. The normalized spacial score (nSPS) is 11.2. The highest BCUT2D eigenvalue weighted by molar-refractivity contribution is 4.53. The third kappa shape index (κ3) is 10.2. The lowest BCUT2D eigenvalue weighted by molar-refractivity contribution is 0.115. The van der Waals surface area contributed by atoms with Crippen molar-refractivity contribution in [1.82, 2.24) is 0 Å². The lowest BCUT2D eigenvalue weighted by Gasteiger charge is -2.11. The van der Waals surface area contributed by atoms with Gasteiger partial charge in [-0.3, -0.25) is 0 Å². The summed E-state index contributed by atoms with van der Waals surface area (Å²) in [5, 5.41) is 0. The molecule has 0 atom stereocenters. The molecule has 1 radical (unpaired) electrons. The first-order valence-corrected chi connectivity index (χ1v) is 6.72. The van der Waals surface area contributed by atoms with Gasteiger partial charge in [0.15, 0.2) is 0 Å². The van der Waals surface area contributed by atoms with Crippen molar-refractivity contribution in [1.29, 1.82) is 0 Å². The minimum absolute atomic E-state index is 0.871. The van der Waals surface area contributed by atoms with Gasteiger partial charge in [-0.1, -0.05) is 59.3 Å². The number of ether oxygens (including phenoxy) is 1. The fourth-order valence-electron chi connectivity index (χ4n) is 1.78. The van der Waals surface area contributed by atoms with E-state index >= 15 is 0 Å². The Hall–Kier alpha value is -0.0400. The quantitative estimate of drug-likeness (QED) is 0.455. The van der Waals surface area contributed by atoms with Crippen molar-refractivity contribution in [3.8, 4) is 0 Å². The first-order chi connectivity index (χ1) is 7.35. The van der Waals surface area contributed by atoms with Crippen LogP contribution in [0.25, 0.3) is 0 Å². The molecule has 0 aliphatic rings. The Morgan fingerprint density at radius 2 is 1.60 bits per heavy atom. The Labute approximate surface area is 96.6 Å². The third-order valence-electron chi connectivity index (χ3n) is 3.11. The zero-order chi connectivity index (χ0) is 11.4. The van der Waals surface area contributed by atoms with E-state index in [1.165, 1.54) is 44.9 Å². The SMILES string of the molecule is [CH2]CCCCCCOCCC(CC)CC. The molecule has 0 bridgehead atoms. The second kappa shape index (κ2) is 12.0. The van der Waals surface area contributed by atoms with E-state index in [1.54, 1.807) is 0 Å². The Bertz CT molecular complexity index is 108. The van der Waals surface area contributed by atoms with Gasteiger partial charge in [-0.05, 0) is 18.8 Å². The zero-order valence-electron chi connectivity index (χ0n) is 10.8. The van der Waals surface area contributed by atoms with Gasteiger partial charge in [-0.2, -0.15) is 0 Å². The van der Waals surface area contributed by atoms with Crippen molar-refractivity contribution >= 4 is 0 Å². The predicted octanol–water partition coefficient (Wildman–Crippen LogP) is 4.61. The highest BCUT2D eigenvalue weighted by Gasteiger charge is 2.02. The van der Waals surface area contributed by atoms with E-state index in [0.29, 0.717) is 0 Å². The molecule has 0 aliphatic heterocycles. The predicted molar refractivity (Wildman–Crippen MR) is 68.0 cm³/mol. The second-order valence-electron chi connectivity index (χ2n) is 4.35. The van der Waals surface area contributed by atoms with Crippen LogP contribution in [0.1, 0.15) is 65.2 Å². The monoisotopic (exact) mass is 213 g/mol. The molecule has 0 aromatic rings. The summed E-state index contributed by atoms with van der Waals surface area (Å²) in [6, 6.07) is 0. The minimum Gasteiger partial charge on any atom is -0.381 e. The Morgan fingerprint density at radius 3 is 2.20 bits per heavy atom. The first kappa shape index (κ1) is 15.0. The van der Waals surface area contributed by atoms with Gasteiger partial charge >= 0.3 is 0 Å². The summed E-state index contributed by atoms with van der Waals surface area (Å²) >= 11 is 0. The van der Waals surface area contributed by atoms with Crippen LogP contribution in [0, 0.1) is 12.8 Å². The lowest BCUT2D eigenvalue weighted by Crippen LogP contribution is -2.04. The number of rotatable bonds is 11. The van der Waals surface area contributed by atoms with E-state index in [9.17, 15) is 0 Å². The molecular weight excluding hydrogens is 184 g/mol. The van der Waals surface area contributed by atoms with Gasteiger partial charge in [-0.15, -0.1) is 0 Å². The van der Waals surface area contributed by atoms with Crippen LogP contribution in [0.5, 0.6) is 0 Å². The Kier molecular flexibility index (Phi) is 12.0. The van der Waals surface area contributed by atoms with Crippen LogP contribution >= 0.6 is 0 Å². The largest absolute Gasteiger partial charge is 0.381 e. The Morgan fingerprint density at radius 1 is 0.933 bits per heavy atom. The van der Waals surface area contributed by atoms with Crippen LogP contribution in [0.3, 0.4) is 0 Å².